The highest BCUT2D eigenvalue weighted by Crippen LogP contribution is 2.60. The quantitative estimate of drug-likeness (QED) is 0.148. The van der Waals surface area contributed by atoms with Gasteiger partial charge >= 0.3 is 0 Å². The Morgan fingerprint density at radius 2 is 0.766 bits per heavy atom. The molecular formula is C63H45N. The number of benzene rings is 10. The summed E-state index contributed by atoms with van der Waals surface area (Å²) in [6.45, 7) is 2.41. The zero-order valence-corrected chi connectivity index (χ0v) is 35.7. The molecule has 1 heteroatoms. The molecule has 0 aromatic heterocycles. The Morgan fingerprint density at radius 3 is 1.42 bits per heavy atom. The maximum absolute atomic E-state index is 2.51. The Bertz CT molecular complexity index is 3280. The molecule has 0 fully saturated rings. The van der Waals surface area contributed by atoms with Crippen molar-refractivity contribution in [2.75, 3.05) is 4.90 Å². The first kappa shape index (κ1) is 37.7. The lowest BCUT2D eigenvalue weighted by Crippen LogP contribution is -2.28. The smallest absolute Gasteiger partial charge is 0.0714 e. The number of rotatable bonds is 8. The fourth-order valence-electron chi connectivity index (χ4n) is 11.1. The molecule has 0 heterocycles. The van der Waals surface area contributed by atoms with Crippen LogP contribution in [0.2, 0.25) is 0 Å². The fraction of sp³-hybridized carbons (Fsp3) is 0.0476. The van der Waals surface area contributed by atoms with E-state index in [1.54, 1.807) is 0 Å². The standard InChI is InChI=1S/C63H45N/c1-62(48-24-8-3-9-25-48)56-32-16-14-30-53(56)54-41-40-52(43-59(54)62)64(51-38-36-45(37-39-51)47-23-18-22-46(42-47)44-20-6-2-7-21-44)60-35-19-34-58-61(60)55-31-15-17-33-57(55)63(58,49-26-10-4-11-27-49)50-28-12-5-13-29-50/h2-43H,1H3. The third kappa shape index (κ3) is 5.71. The monoisotopic (exact) mass is 815 g/mol. The normalized spacial score (nSPS) is 15.1. The first-order valence-electron chi connectivity index (χ1n) is 22.3. The minimum Gasteiger partial charge on any atom is -0.310 e. The number of hydrogen-bond acceptors (Lipinski definition) is 1. The first-order valence-corrected chi connectivity index (χ1v) is 22.3. The highest BCUT2D eigenvalue weighted by atomic mass is 15.1. The van der Waals surface area contributed by atoms with Crippen molar-refractivity contribution in [3.63, 3.8) is 0 Å². The number of hydrogen-bond donors (Lipinski definition) is 0. The molecule has 0 N–H and O–H groups in total. The molecule has 10 aromatic carbocycles. The van der Waals surface area contributed by atoms with E-state index in [1.807, 2.05) is 0 Å². The Morgan fingerprint density at radius 1 is 0.297 bits per heavy atom. The van der Waals surface area contributed by atoms with Gasteiger partial charge in [-0.3, -0.25) is 0 Å². The molecule has 2 aliphatic carbocycles. The molecule has 0 saturated carbocycles. The van der Waals surface area contributed by atoms with Crippen molar-refractivity contribution in [2.24, 2.45) is 0 Å². The van der Waals surface area contributed by atoms with Crippen LogP contribution in [0.4, 0.5) is 17.1 Å². The van der Waals surface area contributed by atoms with Gasteiger partial charge in [-0.1, -0.05) is 218 Å². The van der Waals surface area contributed by atoms with Gasteiger partial charge in [-0.15, -0.1) is 0 Å². The topological polar surface area (TPSA) is 3.24 Å². The molecule has 0 aliphatic heterocycles. The van der Waals surface area contributed by atoms with Gasteiger partial charge in [-0.05, 0) is 121 Å². The summed E-state index contributed by atoms with van der Waals surface area (Å²) in [6, 6.07) is 94.2. The highest BCUT2D eigenvalue weighted by molar-refractivity contribution is 5.98. The average Bonchev–Trinajstić information content (AvgIpc) is 3.83. The van der Waals surface area contributed by atoms with Gasteiger partial charge in [0.2, 0.25) is 0 Å². The molecule has 0 saturated heterocycles. The largest absolute Gasteiger partial charge is 0.310 e. The summed E-state index contributed by atoms with van der Waals surface area (Å²) < 4.78 is 0. The second-order valence-electron chi connectivity index (χ2n) is 17.3. The van der Waals surface area contributed by atoms with Crippen LogP contribution >= 0.6 is 0 Å². The van der Waals surface area contributed by atoms with E-state index in [9.17, 15) is 0 Å². The summed E-state index contributed by atoms with van der Waals surface area (Å²) in [6.07, 6.45) is 0. The Hall–Kier alpha value is -8.00. The zero-order valence-electron chi connectivity index (χ0n) is 35.7. The van der Waals surface area contributed by atoms with Gasteiger partial charge in [0.1, 0.15) is 0 Å². The molecule has 12 rings (SSSR count). The van der Waals surface area contributed by atoms with Crippen LogP contribution in [0.15, 0.2) is 255 Å². The molecule has 2 aliphatic rings. The number of nitrogens with zero attached hydrogens (tertiary/aromatic N) is 1. The average molecular weight is 816 g/mol. The van der Waals surface area contributed by atoms with E-state index in [2.05, 4.69) is 267 Å². The van der Waals surface area contributed by atoms with E-state index in [0.717, 1.165) is 17.1 Å². The SMILES string of the molecule is CC1(c2ccccc2)c2ccccc2-c2ccc(N(c3ccc(-c4cccc(-c5ccccc5)c4)cc3)c3cccc4c3-c3ccccc3C4(c3ccccc3)c3ccccc3)cc21. The molecule has 0 radical (unpaired) electrons. The summed E-state index contributed by atoms with van der Waals surface area (Å²) >= 11 is 0. The van der Waals surface area contributed by atoms with Crippen LogP contribution < -0.4 is 4.90 Å². The number of fused-ring (bicyclic) bond motifs is 6. The van der Waals surface area contributed by atoms with Crippen molar-refractivity contribution in [1.29, 1.82) is 0 Å². The molecule has 64 heavy (non-hydrogen) atoms. The van der Waals surface area contributed by atoms with Crippen LogP contribution in [-0.4, -0.2) is 0 Å². The van der Waals surface area contributed by atoms with Gasteiger partial charge in [0.05, 0.1) is 11.1 Å². The Kier molecular flexibility index (Phi) is 8.91. The van der Waals surface area contributed by atoms with E-state index in [0.29, 0.717) is 0 Å². The van der Waals surface area contributed by atoms with Crippen LogP contribution in [0.3, 0.4) is 0 Å². The molecule has 0 bridgehead atoms. The third-order valence-electron chi connectivity index (χ3n) is 14.0. The van der Waals surface area contributed by atoms with Gasteiger partial charge in [0, 0.05) is 22.4 Å². The van der Waals surface area contributed by atoms with Crippen LogP contribution in [0, 0.1) is 0 Å². The van der Waals surface area contributed by atoms with Gasteiger partial charge in [-0.25, -0.2) is 0 Å². The van der Waals surface area contributed by atoms with E-state index >= 15 is 0 Å². The van der Waals surface area contributed by atoms with Crippen molar-refractivity contribution in [3.05, 3.63) is 294 Å². The van der Waals surface area contributed by atoms with Crippen molar-refractivity contribution in [1.82, 2.24) is 0 Å². The van der Waals surface area contributed by atoms with Crippen molar-refractivity contribution < 1.29 is 0 Å². The maximum atomic E-state index is 2.51. The highest BCUT2D eigenvalue weighted by Gasteiger charge is 2.47. The lowest BCUT2D eigenvalue weighted by atomic mass is 9.68. The minimum atomic E-state index is -0.519. The molecule has 1 unspecified atom stereocenters. The van der Waals surface area contributed by atoms with Crippen molar-refractivity contribution in [2.45, 2.75) is 17.8 Å². The van der Waals surface area contributed by atoms with E-state index < -0.39 is 5.41 Å². The Balaban J connectivity index is 1.10. The summed E-state index contributed by atoms with van der Waals surface area (Å²) in [4.78, 5) is 2.51. The van der Waals surface area contributed by atoms with E-state index in [1.165, 1.54) is 83.5 Å². The summed E-state index contributed by atoms with van der Waals surface area (Å²) in [7, 11) is 0. The van der Waals surface area contributed by atoms with Crippen LogP contribution in [-0.2, 0) is 10.8 Å². The van der Waals surface area contributed by atoms with E-state index in [-0.39, 0.29) is 5.41 Å². The van der Waals surface area contributed by atoms with Crippen LogP contribution in [0.5, 0.6) is 0 Å². The predicted octanol–water partition coefficient (Wildman–Crippen LogP) is 16.2. The van der Waals surface area contributed by atoms with Crippen molar-refractivity contribution >= 4 is 17.1 Å². The van der Waals surface area contributed by atoms with Gasteiger partial charge in [0.15, 0.2) is 0 Å². The number of anilines is 3. The van der Waals surface area contributed by atoms with Gasteiger partial charge in [0.25, 0.3) is 0 Å². The molecule has 302 valence electrons. The van der Waals surface area contributed by atoms with Crippen LogP contribution in [0.25, 0.3) is 44.5 Å². The van der Waals surface area contributed by atoms with Crippen molar-refractivity contribution in [3.8, 4) is 44.5 Å². The maximum Gasteiger partial charge on any atom is 0.0714 e. The second kappa shape index (κ2) is 15.1. The molecular weight excluding hydrogens is 771 g/mol. The lowest BCUT2D eigenvalue weighted by Gasteiger charge is -2.34. The molecule has 0 amide bonds. The second-order valence-corrected chi connectivity index (χ2v) is 17.3. The van der Waals surface area contributed by atoms with Gasteiger partial charge < -0.3 is 4.90 Å². The van der Waals surface area contributed by atoms with Gasteiger partial charge in [-0.2, -0.15) is 0 Å². The summed E-state index contributed by atoms with van der Waals surface area (Å²) in [5.41, 5.74) is 21.4. The molecule has 1 atom stereocenters. The van der Waals surface area contributed by atoms with E-state index in [4.69, 9.17) is 0 Å². The minimum absolute atomic E-state index is 0.344. The Labute approximate surface area is 376 Å². The summed E-state index contributed by atoms with van der Waals surface area (Å²) in [5.74, 6) is 0. The fourth-order valence-corrected chi connectivity index (χ4v) is 11.1. The third-order valence-corrected chi connectivity index (χ3v) is 14.0. The summed E-state index contributed by atoms with van der Waals surface area (Å²) in [5, 5.41) is 0. The molecule has 0 spiro atoms. The molecule has 1 nitrogen and oxygen atoms in total. The first-order chi connectivity index (χ1) is 31.6. The molecule has 10 aromatic rings. The van der Waals surface area contributed by atoms with Crippen LogP contribution in [0.1, 0.15) is 45.9 Å². The lowest BCUT2D eigenvalue weighted by molar-refractivity contribution is 0.714. The predicted molar refractivity (Wildman–Crippen MR) is 267 cm³/mol. The zero-order chi connectivity index (χ0) is 42.7.